The van der Waals surface area contributed by atoms with E-state index in [0.29, 0.717) is 10.7 Å². The molecule has 0 aliphatic carbocycles. The molecule has 2 aromatic heterocycles. The van der Waals surface area contributed by atoms with Crippen LogP contribution < -0.4 is 5.32 Å². The molecule has 0 aliphatic rings. The maximum atomic E-state index is 11.6. The summed E-state index contributed by atoms with van der Waals surface area (Å²) in [6, 6.07) is 12.6. The Morgan fingerprint density at radius 1 is 1.13 bits per heavy atom. The number of benzene rings is 1. The number of hydrogen-bond acceptors (Lipinski definition) is 3. The third-order valence-electron chi connectivity index (χ3n) is 3.38. The molecular formula is C23H31Cl2N3O2. The van der Waals surface area contributed by atoms with E-state index in [0.717, 1.165) is 22.7 Å². The van der Waals surface area contributed by atoms with Crippen molar-refractivity contribution in [2.24, 2.45) is 7.05 Å². The third-order valence-corrected chi connectivity index (χ3v) is 3.97. The van der Waals surface area contributed by atoms with E-state index in [1.54, 1.807) is 44.7 Å². The molecule has 2 heterocycles. The summed E-state index contributed by atoms with van der Waals surface area (Å²) in [7, 11) is 5.15. The number of aromatic nitrogens is 2. The van der Waals surface area contributed by atoms with E-state index in [-0.39, 0.29) is 5.91 Å². The van der Waals surface area contributed by atoms with Crippen LogP contribution in [0.25, 0.3) is 0 Å². The van der Waals surface area contributed by atoms with Gasteiger partial charge in [0.1, 0.15) is 5.69 Å². The van der Waals surface area contributed by atoms with Crippen LogP contribution in [-0.4, -0.2) is 29.7 Å². The van der Waals surface area contributed by atoms with Crippen molar-refractivity contribution < 1.29 is 9.53 Å². The van der Waals surface area contributed by atoms with Crippen molar-refractivity contribution >= 4 is 34.8 Å². The summed E-state index contributed by atoms with van der Waals surface area (Å²) in [5.41, 5.74) is 2.33. The lowest BCUT2D eigenvalue weighted by molar-refractivity contribution is 0.102. The van der Waals surface area contributed by atoms with E-state index in [1.165, 1.54) is 0 Å². The second kappa shape index (κ2) is 16.5. The van der Waals surface area contributed by atoms with Crippen molar-refractivity contribution in [3.05, 3.63) is 82.4 Å². The standard InChI is InChI=1S/C11H11N3O.C8H8Cl2.C2H6O.C2H6/c1-14-7-5-9(8-14)13-11(15)10-4-2-3-6-12-10;1-2-6-3-4-7(9)5-8(6)10;1-3-2;1-2/h2-8H,1H3,(H,13,15);3-5H,2H2,1H3;1-2H3;1-2H3. The van der Waals surface area contributed by atoms with Crippen LogP contribution in [0, 0.1) is 0 Å². The van der Waals surface area contributed by atoms with Gasteiger partial charge in [-0.05, 0) is 42.3 Å². The molecule has 7 heteroatoms. The number of carbonyl (C=O) groups is 1. The van der Waals surface area contributed by atoms with Crippen molar-refractivity contribution in [2.45, 2.75) is 27.2 Å². The Labute approximate surface area is 190 Å². The number of aryl methyl sites for hydroxylation is 2. The fourth-order valence-corrected chi connectivity index (χ4v) is 2.62. The molecule has 3 aromatic rings. The quantitative estimate of drug-likeness (QED) is 0.492. The van der Waals surface area contributed by atoms with Gasteiger partial charge in [-0.25, -0.2) is 0 Å². The van der Waals surface area contributed by atoms with Crippen LogP contribution in [0.4, 0.5) is 5.69 Å². The number of rotatable bonds is 3. The number of halogens is 2. The van der Waals surface area contributed by atoms with Crippen LogP contribution >= 0.6 is 23.2 Å². The van der Waals surface area contributed by atoms with Crippen molar-refractivity contribution in [1.82, 2.24) is 9.55 Å². The van der Waals surface area contributed by atoms with Gasteiger partial charge in [-0.1, -0.05) is 56.1 Å². The smallest absolute Gasteiger partial charge is 0.274 e. The normalized spacial score (nSPS) is 9.07. The van der Waals surface area contributed by atoms with E-state index >= 15 is 0 Å². The molecule has 30 heavy (non-hydrogen) atoms. The largest absolute Gasteiger partial charge is 0.388 e. The van der Waals surface area contributed by atoms with Crippen LogP contribution in [0.2, 0.25) is 10.0 Å². The molecule has 0 aliphatic heterocycles. The Kier molecular flexibility index (Phi) is 15.2. The summed E-state index contributed by atoms with van der Waals surface area (Å²) < 4.78 is 6.12. The highest BCUT2D eigenvalue weighted by atomic mass is 35.5. The van der Waals surface area contributed by atoms with Gasteiger partial charge in [0.25, 0.3) is 5.91 Å². The minimum absolute atomic E-state index is 0.193. The van der Waals surface area contributed by atoms with Crippen LogP contribution in [-0.2, 0) is 18.2 Å². The van der Waals surface area contributed by atoms with Gasteiger partial charge in [0, 0.05) is 49.9 Å². The van der Waals surface area contributed by atoms with Gasteiger partial charge in [0.2, 0.25) is 0 Å². The lowest BCUT2D eigenvalue weighted by Gasteiger charge is -2.00. The third kappa shape index (κ3) is 11.0. The predicted molar refractivity (Wildman–Crippen MR) is 128 cm³/mol. The molecule has 164 valence electrons. The first-order valence-electron chi connectivity index (χ1n) is 9.59. The highest BCUT2D eigenvalue weighted by Crippen LogP contribution is 2.20. The van der Waals surface area contributed by atoms with Gasteiger partial charge >= 0.3 is 0 Å². The Balaban J connectivity index is 0.000000486. The van der Waals surface area contributed by atoms with E-state index in [9.17, 15) is 4.79 Å². The van der Waals surface area contributed by atoms with Crippen molar-refractivity contribution in [1.29, 1.82) is 0 Å². The Bertz CT molecular complexity index is 853. The summed E-state index contributed by atoms with van der Waals surface area (Å²) in [4.78, 5) is 15.6. The molecule has 3 rings (SSSR count). The lowest BCUT2D eigenvalue weighted by atomic mass is 10.2. The average Bonchev–Trinajstić information content (AvgIpc) is 3.16. The summed E-state index contributed by atoms with van der Waals surface area (Å²) in [6.07, 6.45) is 6.25. The number of ether oxygens (including phenoxy) is 1. The second-order valence-electron chi connectivity index (χ2n) is 5.73. The first-order chi connectivity index (χ1) is 14.4. The van der Waals surface area contributed by atoms with E-state index in [2.05, 4.69) is 22.0 Å². The summed E-state index contributed by atoms with van der Waals surface area (Å²) in [5.74, 6) is -0.193. The van der Waals surface area contributed by atoms with Gasteiger partial charge < -0.3 is 14.6 Å². The summed E-state index contributed by atoms with van der Waals surface area (Å²) >= 11 is 11.5. The number of nitrogens with zero attached hydrogens (tertiary/aromatic N) is 2. The Hall–Kier alpha value is -2.34. The molecule has 5 nitrogen and oxygen atoms in total. The van der Waals surface area contributed by atoms with E-state index < -0.39 is 0 Å². The molecule has 1 N–H and O–H groups in total. The lowest BCUT2D eigenvalue weighted by Crippen LogP contribution is -2.12. The van der Waals surface area contributed by atoms with Gasteiger partial charge in [-0.15, -0.1) is 0 Å². The molecule has 1 aromatic carbocycles. The minimum Gasteiger partial charge on any atom is -0.388 e. The van der Waals surface area contributed by atoms with Crippen LogP contribution in [0.1, 0.15) is 36.8 Å². The van der Waals surface area contributed by atoms with Gasteiger partial charge in [0.15, 0.2) is 0 Å². The molecule has 1 amide bonds. The van der Waals surface area contributed by atoms with Crippen molar-refractivity contribution in [3.8, 4) is 0 Å². The number of hydrogen-bond donors (Lipinski definition) is 1. The SMILES string of the molecule is CC.CCc1ccc(Cl)cc1Cl.COC.Cn1ccc(NC(=O)c2ccccn2)c1. The van der Waals surface area contributed by atoms with E-state index in [4.69, 9.17) is 23.2 Å². The average molecular weight is 452 g/mol. The van der Waals surface area contributed by atoms with Gasteiger partial charge in [0.05, 0.1) is 5.69 Å². The number of nitrogens with one attached hydrogen (secondary N) is 1. The topological polar surface area (TPSA) is 56.1 Å². The van der Waals surface area contributed by atoms with Gasteiger partial charge in [-0.2, -0.15) is 0 Å². The van der Waals surface area contributed by atoms with Crippen molar-refractivity contribution in [3.63, 3.8) is 0 Å². The highest BCUT2D eigenvalue weighted by Gasteiger charge is 2.06. The molecule has 0 spiro atoms. The van der Waals surface area contributed by atoms with E-state index in [1.807, 2.05) is 56.1 Å². The Morgan fingerprint density at radius 3 is 2.27 bits per heavy atom. The zero-order valence-corrected chi connectivity index (χ0v) is 20.0. The summed E-state index contributed by atoms with van der Waals surface area (Å²) in [6.45, 7) is 6.06. The maximum Gasteiger partial charge on any atom is 0.274 e. The number of methoxy groups -OCH3 is 1. The highest BCUT2D eigenvalue weighted by molar-refractivity contribution is 6.35. The van der Waals surface area contributed by atoms with Crippen LogP contribution in [0.3, 0.4) is 0 Å². The molecule has 0 unspecified atom stereocenters. The monoisotopic (exact) mass is 451 g/mol. The molecule has 0 fully saturated rings. The first kappa shape index (κ1) is 27.7. The molecule has 0 saturated heterocycles. The molecule has 0 radical (unpaired) electrons. The van der Waals surface area contributed by atoms with Gasteiger partial charge in [-0.3, -0.25) is 9.78 Å². The maximum absolute atomic E-state index is 11.6. The fourth-order valence-electron chi connectivity index (χ4n) is 2.08. The Morgan fingerprint density at radius 2 is 1.80 bits per heavy atom. The number of carbonyl (C=O) groups excluding carboxylic acids is 1. The molecule has 0 atom stereocenters. The number of pyridine rings is 1. The van der Waals surface area contributed by atoms with Crippen LogP contribution in [0.15, 0.2) is 61.1 Å². The molecular weight excluding hydrogens is 421 g/mol. The fraction of sp³-hybridized carbons (Fsp3) is 0.304. The van der Waals surface area contributed by atoms with Crippen LogP contribution in [0.5, 0.6) is 0 Å². The first-order valence-corrected chi connectivity index (χ1v) is 10.3. The molecule has 0 saturated carbocycles. The predicted octanol–water partition coefficient (Wildman–Crippen LogP) is 6.52. The zero-order chi connectivity index (χ0) is 22.9. The zero-order valence-electron chi connectivity index (χ0n) is 18.4. The summed E-state index contributed by atoms with van der Waals surface area (Å²) in [5, 5.41) is 4.21. The second-order valence-corrected chi connectivity index (χ2v) is 6.58. The minimum atomic E-state index is -0.193. The number of amides is 1. The molecule has 0 bridgehead atoms. The number of anilines is 1. The van der Waals surface area contributed by atoms with Crippen molar-refractivity contribution in [2.75, 3.05) is 19.5 Å².